The highest BCUT2D eigenvalue weighted by molar-refractivity contribution is 9.11. The van der Waals surface area contributed by atoms with Gasteiger partial charge in [-0.2, -0.15) is 0 Å². The second-order valence-corrected chi connectivity index (χ2v) is 4.60. The molecule has 1 N–H and O–H groups in total. The molecule has 1 aliphatic heterocycles. The smallest absolute Gasteiger partial charge is 0.245 e. The van der Waals surface area contributed by atoms with Gasteiger partial charge in [-0.1, -0.05) is 41.6 Å². The van der Waals surface area contributed by atoms with Crippen LogP contribution in [0.4, 0.5) is 0 Å². The number of carbonyl (C=O) groups is 1. The summed E-state index contributed by atoms with van der Waals surface area (Å²) in [4.78, 5) is 13.6. The van der Waals surface area contributed by atoms with Gasteiger partial charge in [0.15, 0.2) is 0 Å². The van der Waals surface area contributed by atoms with Crippen molar-refractivity contribution in [2.45, 2.75) is 6.92 Å². The minimum Gasteiger partial charge on any atom is -0.340 e. The molecule has 17 heavy (non-hydrogen) atoms. The van der Waals surface area contributed by atoms with Crippen molar-refractivity contribution in [3.05, 3.63) is 47.0 Å². The van der Waals surface area contributed by atoms with Crippen molar-refractivity contribution in [3.63, 3.8) is 0 Å². The summed E-state index contributed by atoms with van der Waals surface area (Å²) in [6, 6.07) is 0. The zero-order valence-corrected chi connectivity index (χ0v) is 11.5. The van der Waals surface area contributed by atoms with E-state index in [1.807, 2.05) is 18.2 Å². The molecule has 0 aromatic rings. The lowest BCUT2D eigenvalue weighted by Gasteiger charge is -2.17. The molecule has 1 amide bonds. The summed E-state index contributed by atoms with van der Waals surface area (Å²) in [6.45, 7) is 7.99. The normalized spacial score (nSPS) is 18.8. The topological polar surface area (TPSA) is 32.3 Å². The average molecular weight is 297 g/mol. The molecule has 0 saturated carbocycles. The summed E-state index contributed by atoms with van der Waals surface area (Å²) in [5.74, 6) is -0.0376. The molecular formula is C13H17BrN2O. The van der Waals surface area contributed by atoms with E-state index in [0.717, 1.165) is 23.1 Å². The van der Waals surface area contributed by atoms with Crippen molar-refractivity contribution in [3.8, 4) is 0 Å². The standard InChI is InChI=1S/C13H17BrN2O/c1-3-5-12(14)7-6-11-8-13(17)15-10-16(4-2)9-11/h3,5-8H,1,4,9-10H2,2H3,(H,15,17)/b7-6+,12-5+. The number of allylic oxidation sites excluding steroid dienone is 4. The Balaban J connectivity index is 2.76. The van der Waals surface area contributed by atoms with E-state index in [1.165, 1.54) is 0 Å². The summed E-state index contributed by atoms with van der Waals surface area (Å²) in [6.07, 6.45) is 9.06. The number of halogens is 1. The predicted molar refractivity (Wildman–Crippen MR) is 74.7 cm³/mol. The number of carbonyl (C=O) groups excluding carboxylic acids is 1. The summed E-state index contributed by atoms with van der Waals surface area (Å²) in [7, 11) is 0. The first kappa shape index (κ1) is 13.9. The molecule has 0 fully saturated rings. The maximum absolute atomic E-state index is 11.4. The van der Waals surface area contributed by atoms with E-state index >= 15 is 0 Å². The van der Waals surface area contributed by atoms with Crippen LogP contribution >= 0.6 is 15.9 Å². The van der Waals surface area contributed by atoms with Crippen LogP contribution in [-0.4, -0.2) is 30.6 Å². The monoisotopic (exact) mass is 296 g/mol. The predicted octanol–water partition coefficient (Wildman–Crippen LogP) is 2.34. The molecule has 0 aromatic heterocycles. The third-order valence-electron chi connectivity index (χ3n) is 2.38. The lowest BCUT2D eigenvalue weighted by atomic mass is 10.2. The number of likely N-dealkylation sites (N-methyl/N-ethyl adjacent to an activating group) is 1. The quantitative estimate of drug-likeness (QED) is 0.808. The second kappa shape index (κ2) is 7.25. The lowest BCUT2D eigenvalue weighted by Crippen LogP contribution is -2.34. The van der Waals surface area contributed by atoms with Crippen molar-refractivity contribution < 1.29 is 4.79 Å². The van der Waals surface area contributed by atoms with Gasteiger partial charge in [0.05, 0.1) is 6.67 Å². The van der Waals surface area contributed by atoms with Crippen LogP contribution in [0, 0.1) is 0 Å². The van der Waals surface area contributed by atoms with Gasteiger partial charge in [-0.25, -0.2) is 0 Å². The molecule has 0 aromatic carbocycles. The van der Waals surface area contributed by atoms with Gasteiger partial charge in [-0.05, 0) is 24.3 Å². The van der Waals surface area contributed by atoms with Crippen molar-refractivity contribution in [2.75, 3.05) is 19.8 Å². The highest BCUT2D eigenvalue weighted by Crippen LogP contribution is 2.10. The van der Waals surface area contributed by atoms with Crippen LogP contribution in [0.5, 0.6) is 0 Å². The fourth-order valence-corrected chi connectivity index (χ4v) is 1.77. The van der Waals surface area contributed by atoms with Crippen LogP contribution in [0.15, 0.2) is 47.0 Å². The number of rotatable bonds is 4. The van der Waals surface area contributed by atoms with E-state index in [4.69, 9.17) is 0 Å². The van der Waals surface area contributed by atoms with Gasteiger partial charge in [-0.3, -0.25) is 9.69 Å². The van der Waals surface area contributed by atoms with E-state index < -0.39 is 0 Å². The van der Waals surface area contributed by atoms with E-state index in [1.54, 1.807) is 12.2 Å². The molecule has 0 unspecified atom stereocenters. The fourth-order valence-electron chi connectivity index (χ4n) is 1.45. The van der Waals surface area contributed by atoms with Crippen LogP contribution in [0.25, 0.3) is 0 Å². The maximum Gasteiger partial charge on any atom is 0.245 e. The van der Waals surface area contributed by atoms with Gasteiger partial charge in [0.2, 0.25) is 5.91 Å². The number of hydrogen-bond donors (Lipinski definition) is 1. The van der Waals surface area contributed by atoms with E-state index in [0.29, 0.717) is 6.67 Å². The van der Waals surface area contributed by atoms with E-state index in [9.17, 15) is 4.79 Å². The first-order chi connectivity index (χ1) is 8.15. The van der Waals surface area contributed by atoms with Crippen LogP contribution in [0.2, 0.25) is 0 Å². The molecule has 0 spiro atoms. The first-order valence-electron chi connectivity index (χ1n) is 5.52. The molecule has 0 radical (unpaired) electrons. The van der Waals surface area contributed by atoms with Gasteiger partial charge in [0.25, 0.3) is 0 Å². The van der Waals surface area contributed by atoms with Crippen LogP contribution in [-0.2, 0) is 4.79 Å². The Morgan fingerprint density at radius 2 is 2.47 bits per heavy atom. The third kappa shape index (κ3) is 5.15. The molecule has 1 rings (SSSR count). The minimum atomic E-state index is -0.0376. The van der Waals surface area contributed by atoms with Crippen molar-refractivity contribution in [2.24, 2.45) is 0 Å². The fraction of sp³-hybridized carbons (Fsp3) is 0.308. The highest BCUT2D eigenvalue weighted by Gasteiger charge is 2.11. The van der Waals surface area contributed by atoms with Crippen molar-refractivity contribution >= 4 is 21.8 Å². The Bertz CT molecular complexity index is 383. The van der Waals surface area contributed by atoms with Crippen molar-refractivity contribution in [1.82, 2.24) is 10.2 Å². The zero-order chi connectivity index (χ0) is 12.7. The van der Waals surface area contributed by atoms with E-state index in [-0.39, 0.29) is 5.91 Å². The Kier molecular flexibility index (Phi) is 5.94. The summed E-state index contributed by atoms with van der Waals surface area (Å²) < 4.78 is 0.932. The average Bonchev–Trinajstić information content (AvgIpc) is 2.48. The van der Waals surface area contributed by atoms with Crippen molar-refractivity contribution in [1.29, 1.82) is 0 Å². The van der Waals surface area contributed by atoms with Crippen LogP contribution in [0.3, 0.4) is 0 Å². The Hall–Kier alpha value is -1.13. The lowest BCUT2D eigenvalue weighted by molar-refractivity contribution is -0.116. The molecular weight excluding hydrogens is 280 g/mol. The molecule has 0 aliphatic carbocycles. The molecule has 1 heterocycles. The number of amides is 1. The summed E-state index contributed by atoms with van der Waals surface area (Å²) in [5, 5.41) is 2.82. The Morgan fingerprint density at radius 1 is 1.71 bits per heavy atom. The van der Waals surface area contributed by atoms with Gasteiger partial charge >= 0.3 is 0 Å². The zero-order valence-electron chi connectivity index (χ0n) is 9.95. The van der Waals surface area contributed by atoms with Gasteiger partial charge < -0.3 is 5.32 Å². The second-order valence-electron chi connectivity index (χ2n) is 3.68. The largest absolute Gasteiger partial charge is 0.340 e. The summed E-state index contributed by atoms with van der Waals surface area (Å²) >= 11 is 3.39. The molecule has 4 heteroatoms. The third-order valence-corrected chi connectivity index (χ3v) is 2.91. The summed E-state index contributed by atoms with van der Waals surface area (Å²) in [5.41, 5.74) is 0.997. The van der Waals surface area contributed by atoms with Gasteiger partial charge in [0.1, 0.15) is 0 Å². The Labute approximate surface area is 111 Å². The number of hydrogen-bond acceptors (Lipinski definition) is 2. The van der Waals surface area contributed by atoms with Crippen LogP contribution in [0.1, 0.15) is 6.92 Å². The highest BCUT2D eigenvalue weighted by atomic mass is 79.9. The molecule has 0 bridgehead atoms. The van der Waals surface area contributed by atoms with E-state index in [2.05, 4.69) is 39.6 Å². The number of nitrogens with one attached hydrogen (secondary N) is 1. The molecule has 3 nitrogen and oxygen atoms in total. The molecule has 0 atom stereocenters. The minimum absolute atomic E-state index is 0.0376. The van der Waals surface area contributed by atoms with Crippen LogP contribution < -0.4 is 5.32 Å². The maximum atomic E-state index is 11.4. The number of nitrogens with zero attached hydrogens (tertiary/aromatic N) is 1. The van der Waals surface area contributed by atoms with Gasteiger partial charge in [0, 0.05) is 17.1 Å². The Morgan fingerprint density at radius 3 is 3.12 bits per heavy atom. The SMILES string of the molecule is C=C/C=C(Br)\C=C\C1=CC(=O)NCN(CC)C1. The molecule has 1 aliphatic rings. The molecule has 0 saturated heterocycles. The molecule has 92 valence electrons. The first-order valence-corrected chi connectivity index (χ1v) is 6.32. The van der Waals surface area contributed by atoms with Gasteiger partial charge in [-0.15, -0.1) is 0 Å².